The Morgan fingerprint density at radius 1 is 1.12 bits per heavy atom. The quantitative estimate of drug-likeness (QED) is 0.366. The SMILES string of the molecule is COC(CCN=CC(=CN)c1cnc2ccc(Nc3cc(C(C)C)cnn3)nc2c1)OC. The van der Waals surface area contributed by atoms with Crippen molar-refractivity contribution in [1.82, 2.24) is 20.2 Å². The zero-order valence-corrected chi connectivity index (χ0v) is 18.8. The number of rotatable bonds is 10. The van der Waals surface area contributed by atoms with E-state index in [9.17, 15) is 0 Å². The molecular formula is C23H29N7O2. The number of fused-ring (bicyclic) bond motifs is 1. The molecule has 0 aliphatic heterocycles. The van der Waals surface area contributed by atoms with Crippen molar-refractivity contribution < 1.29 is 9.47 Å². The van der Waals surface area contributed by atoms with E-state index in [0.717, 1.165) is 27.7 Å². The van der Waals surface area contributed by atoms with Crippen LogP contribution in [-0.4, -0.2) is 53.4 Å². The van der Waals surface area contributed by atoms with Crippen molar-refractivity contribution in [3.8, 4) is 0 Å². The van der Waals surface area contributed by atoms with Gasteiger partial charge in [-0.1, -0.05) is 13.8 Å². The number of aromatic nitrogens is 4. The highest BCUT2D eigenvalue weighted by molar-refractivity contribution is 6.10. The van der Waals surface area contributed by atoms with E-state index in [4.69, 9.17) is 15.2 Å². The van der Waals surface area contributed by atoms with E-state index in [1.165, 1.54) is 6.20 Å². The van der Waals surface area contributed by atoms with Crippen LogP contribution in [0, 0.1) is 0 Å². The van der Waals surface area contributed by atoms with E-state index in [1.807, 2.05) is 24.3 Å². The van der Waals surface area contributed by atoms with Gasteiger partial charge in [0.1, 0.15) is 5.82 Å². The van der Waals surface area contributed by atoms with E-state index in [1.54, 1.807) is 32.8 Å². The maximum Gasteiger partial charge on any atom is 0.158 e. The maximum absolute atomic E-state index is 5.84. The predicted octanol–water partition coefficient (Wildman–Crippen LogP) is 3.67. The lowest BCUT2D eigenvalue weighted by Gasteiger charge is -2.11. The topological polar surface area (TPSA) is 120 Å². The van der Waals surface area contributed by atoms with Gasteiger partial charge >= 0.3 is 0 Å². The Balaban J connectivity index is 1.77. The number of nitrogens with one attached hydrogen (secondary N) is 1. The van der Waals surface area contributed by atoms with Gasteiger partial charge in [0.25, 0.3) is 0 Å². The van der Waals surface area contributed by atoms with Gasteiger partial charge in [-0.3, -0.25) is 9.98 Å². The van der Waals surface area contributed by atoms with E-state index in [-0.39, 0.29) is 6.29 Å². The fourth-order valence-electron chi connectivity index (χ4n) is 3.01. The first-order valence-electron chi connectivity index (χ1n) is 10.4. The molecule has 3 heterocycles. The number of nitrogens with zero attached hydrogens (tertiary/aromatic N) is 5. The number of hydrogen-bond donors (Lipinski definition) is 2. The monoisotopic (exact) mass is 435 g/mol. The average Bonchev–Trinajstić information content (AvgIpc) is 2.81. The second-order valence-electron chi connectivity index (χ2n) is 7.46. The highest BCUT2D eigenvalue weighted by atomic mass is 16.7. The molecule has 32 heavy (non-hydrogen) atoms. The first kappa shape index (κ1) is 23.2. The molecule has 3 aromatic heterocycles. The zero-order chi connectivity index (χ0) is 22.9. The van der Waals surface area contributed by atoms with Crippen LogP contribution in [0.5, 0.6) is 0 Å². The molecule has 0 aliphatic carbocycles. The second-order valence-corrected chi connectivity index (χ2v) is 7.46. The van der Waals surface area contributed by atoms with Crippen molar-refractivity contribution in [2.75, 3.05) is 26.1 Å². The maximum atomic E-state index is 5.84. The minimum absolute atomic E-state index is 0.277. The van der Waals surface area contributed by atoms with Gasteiger partial charge in [0.2, 0.25) is 0 Å². The number of aliphatic imine (C=N–C) groups is 1. The molecule has 9 heteroatoms. The standard InChI is InChI=1S/C23H29N7O2/c1-15(2)16-10-22(30-27-14-16)29-21-6-5-19-20(28-21)9-17(13-26-19)18(11-24)12-25-8-7-23(31-3)32-4/h5-6,9-15,23H,7-8,24H2,1-4H3,(H,28,29,30). The molecule has 0 saturated carbocycles. The zero-order valence-electron chi connectivity index (χ0n) is 18.8. The molecule has 168 valence electrons. The number of ether oxygens (including phenoxy) is 2. The molecule has 0 saturated heterocycles. The van der Waals surface area contributed by atoms with Crippen molar-refractivity contribution in [2.45, 2.75) is 32.5 Å². The van der Waals surface area contributed by atoms with Gasteiger partial charge in [-0.25, -0.2) is 4.98 Å². The van der Waals surface area contributed by atoms with Gasteiger partial charge in [0, 0.05) is 56.9 Å². The minimum atomic E-state index is -0.277. The summed E-state index contributed by atoms with van der Waals surface area (Å²) in [5.41, 5.74) is 10.0. The van der Waals surface area contributed by atoms with Gasteiger partial charge < -0.3 is 20.5 Å². The minimum Gasteiger partial charge on any atom is -0.404 e. The molecule has 0 aromatic carbocycles. The Hall–Kier alpha value is -3.43. The van der Waals surface area contributed by atoms with Crippen LogP contribution in [0.25, 0.3) is 16.6 Å². The van der Waals surface area contributed by atoms with Crippen molar-refractivity contribution in [2.24, 2.45) is 10.7 Å². The predicted molar refractivity (Wildman–Crippen MR) is 127 cm³/mol. The molecule has 0 amide bonds. The molecule has 0 radical (unpaired) electrons. The molecule has 0 atom stereocenters. The van der Waals surface area contributed by atoms with Crippen LogP contribution < -0.4 is 11.1 Å². The highest BCUT2D eigenvalue weighted by Crippen LogP contribution is 2.21. The molecule has 9 nitrogen and oxygen atoms in total. The normalized spacial score (nSPS) is 12.4. The third-order valence-corrected chi connectivity index (χ3v) is 4.90. The van der Waals surface area contributed by atoms with Crippen LogP contribution in [0.1, 0.15) is 37.3 Å². The second kappa shape index (κ2) is 11.3. The number of hydrogen-bond acceptors (Lipinski definition) is 9. The molecule has 0 fully saturated rings. The fraction of sp³-hybridized carbons (Fsp3) is 0.348. The van der Waals surface area contributed by atoms with E-state index < -0.39 is 0 Å². The van der Waals surface area contributed by atoms with Gasteiger partial charge in [-0.05, 0) is 35.7 Å². The number of anilines is 2. The summed E-state index contributed by atoms with van der Waals surface area (Å²) in [7, 11) is 3.21. The van der Waals surface area contributed by atoms with E-state index in [2.05, 4.69) is 44.3 Å². The fourth-order valence-corrected chi connectivity index (χ4v) is 3.01. The van der Waals surface area contributed by atoms with Crippen LogP contribution in [0.4, 0.5) is 11.6 Å². The Morgan fingerprint density at radius 2 is 1.94 bits per heavy atom. The smallest absolute Gasteiger partial charge is 0.158 e. The van der Waals surface area contributed by atoms with Crippen LogP contribution in [0.2, 0.25) is 0 Å². The first-order chi connectivity index (χ1) is 15.5. The summed E-state index contributed by atoms with van der Waals surface area (Å²) >= 11 is 0. The molecule has 0 unspecified atom stereocenters. The molecule has 3 N–H and O–H groups in total. The van der Waals surface area contributed by atoms with Gasteiger partial charge in [0.05, 0.1) is 17.2 Å². The van der Waals surface area contributed by atoms with Crippen molar-refractivity contribution in [1.29, 1.82) is 0 Å². The van der Waals surface area contributed by atoms with Crippen LogP contribution in [0.15, 0.2) is 47.9 Å². The largest absolute Gasteiger partial charge is 0.404 e. The average molecular weight is 436 g/mol. The number of pyridine rings is 2. The van der Waals surface area contributed by atoms with Gasteiger partial charge in [0.15, 0.2) is 12.1 Å². The van der Waals surface area contributed by atoms with Crippen LogP contribution in [0.3, 0.4) is 0 Å². The van der Waals surface area contributed by atoms with E-state index >= 15 is 0 Å². The number of allylic oxidation sites excluding steroid dienone is 1. The molecule has 0 aliphatic rings. The first-order valence-corrected chi connectivity index (χ1v) is 10.4. The van der Waals surface area contributed by atoms with Crippen molar-refractivity contribution >= 4 is 34.5 Å². The lowest BCUT2D eigenvalue weighted by Crippen LogP contribution is -2.13. The molecular weight excluding hydrogens is 406 g/mol. The highest BCUT2D eigenvalue weighted by Gasteiger charge is 2.07. The third kappa shape index (κ3) is 6.05. The summed E-state index contributed by atoms with van der Waals surface area (Å²) in [4.78, 5) is 13.6. The molecule has 3 aromatic rings. The summed E-state index contributed by atoms with van der Waals surface area (Å²) in [5.74, 6) is 1.66. The summed E-state index contributed by atoms with van der Waals surface area (Å²) < 4.78 is 10.3. The van der Waals surface area contributed by atoms with Crippen LogP contribution in [-0.2, 0) is 9.47 Å². The lowest BCUT2D eigenvalue weighted by molar-refractivity contribution is -0.104. The molecule has 0 bridgehead atoms. The summed E-state index contributed by atoms with van der Waals surface area (Å²) in [6, 6.07) is 7.68. The van der Waals surface area contributed by atoms with E-state index in [0.29, 0.717) is 30.5 Å². The Bertz CT molecular complexity index is 1090. The van der Waals surface area contributed by atoms with Crippen molar-refractivity contribution in [3.63, 3.8) is 0 Å². The number of nitrogens with two attached hydrogens (primary N) is 1. The summed E-state index contributed by atoms with van der Waals surface area (Å²) in [6.07, 6.45) is 7.13. The van der Waals surface area contributed by atoms with Crippen LogP contribution >= 0.6 is 0 Å². The van der Waals surface area contributed by atoms with Gasteiger partial charge in [-0.2, -0.15) is 5.10 Å². The third-order valence-electron chi connectivity index (χ3n) is 4.90. The van der Waals surface area contributed by atoms with Crippen molar-refractivity contribution in [3.05, 3.63) is 54.0 Å². The van der Waals surface area contributed by atoms with Gasteiger partial charge in [-0.15, -0.1) is 5.10 Å². The Labute approximate surface area is 187 Å². The molecule has 3 rings (SSSR count). The summed E-state index contributed by atoms with van der Waals surface area (Å²) in [5, 5.41) is 11.4. The molecule has 0 spiro atoms. The Morgan fingerprint density at radius 3 is 2.66 bits per heavy atom. The Kier molecular flexibility index (Phi) is 8.18. The summed E-state index contributed by atoms with van der Waals surface area (Å²) in [6.45, 7) is 4.77. The lowest BCUT2D eigenvalue weighted by atomic mass is 10.1. The number of methoxy groups -OCH3 is 2.